The Morgan fingerprint density at radius 1 is 1.41 bits per heavy atom. The number of amides is 1. The lowest BCUT2D eigenvalue weighted by Crippen LogP contribution is -2.33. The number of hydrogen-bond donors (Lipinski definition) is 2. The van der Waals surface area contributed by atoms with Crippen LogP contribution in [0.25, 0.3) is 11.3 Å². The Kier molecular flexibility index (Phi) is 5.98. The molecule has 22 heavy (non-hydrogen) atoms. The highest BCUT2D eigenvalue weighted by Gasteiger charge is 2.10. The van der Waals surface area contributed by atoms with E-state index in [-0.39, 0.29) is 18.6 Å². The monoisotopic (exact) mass is 322 g/mol. The topological polar surface area (TPSA) is 75.4 Å². The van der Waals surface area contributed by atoms with E-state index in [1.165, 1.54) is 0 Å². The Morgan fingerprint density at radius 3 is 2.82 bits per heavy atom. The van der Waals surface area contributed by atoms with Gasteiger partial charge in [-0.15, -0.1) is 0 Å². The Hall–Kier alpha value is -1.85. The molecule has 118 valence electrons. The average Bonchev–Trinajstić information content (AvgIpc) is 2.95. The van der Waals surface area contributed by atoms with Gasteiger partial charge < -0.3 is 14.8 Å². The molecule has 1 aromatic carbocycles. The van der Waals surface area contributed by atoms with Crippen molar-refractivity contribution >= 4 is 17.5 Å². The first kappa shape index (κ1) is 16.5. The molecule has 0 aliphatic rings. The number of carbonyl (C=O) groups is 1. The van der Waals surface area contributed by atoms with E-state index in [1.807, 2.05) is 19.1 Å². The molecule has 5 nitrogen and oxygen atoms in total. The van der Waals surface area contributed by atoms with Crippen molar-refractivity contribution in [3.8, 4) is 11.3 Å². The van der Waals surface area contributed by atoms with Gasteiger partial charge in [0.15, 0.2) is 11.7 Å². The minimum absolute atomic E-state index is 0.0355. The number of aliphatic hydroxyl groups is 1. The fourth-order valence-electron chi connectivity index (χ4n) is 2.01. The lowest BCUT2D eigenvalue weighted by Gasteiger charge is -2.11. The summed E-state index contributed by atoms with van der Waals surface area (Å²) in [7, 11) is 0. The molecule has 1 unspecified atom stereocenters. The number of carbonyl (C=O) groups excluding carboxylic acids is 1. The highest BCUT2D eigenvalue weighted by atomic mass is 35.5. The molecule has 1 atom stereocenters. The highest BCUT2D eigenvalue weighted by Crippen LogP contribution is 2.22. The number of aromatic nitrogens is 1. The maximum Gasteiger partial charge on any atom is 0.220 e. The van der Waals surface area contributed by atoms with E-state index in [4.69, 9.17) is 21.1 Å². The largest absolute Gasteiger partial charge is 0.441 e. The zero-order valence-electron chi connectivity index (χ0n) is 12.4. The van der Waals surface area contributed by atoms with E-state index < -0.39 is 0 Å². The van der Waals surface area contributed by atoms with Crippen LogP contribution in [-0.4, -0.2) is 28.6 Å². The third kappa shape index (κ3) is 4.86. The molecule has 0 bridgehead atoms. The Labute approximate surface area is 134 Å². The predicted molar refractivity (Wildman–Crippen MR) is 84.6 cm³/mol. The summed E-state index contributed by atoms with van der Waals surface area (Å²) in [5.41, 5.74) is 0.893. The van der Waals surface area contributed by atoms with Gasteiger partial charge in [0.1, 0.15) is 0 Å². The van der Waals surface area contributed by atoms with Gasteiger partial charge in [0, 0.05) is 36.1 Å². The van der Waals surface area contributed by atoms with Gasteiger partial charge in [-0.2, -0.15) is 0 Å². The number of nitrogens with one attached hydrogen (secondary N) is 1. The molecule has 0 aliphatic carbocycles. The number of aliphatic hydroxyl groups excluding tert-OH is 1. The van der Waals surface area contributed by atoms with Crippen LogP contribution in [0.4, 0.5) is 0 Å². The van der Waals surface area contributed by atoms with E-state index in [9.17, 15) is 4.79 Å². The van der Waals surface area contributed by atoms with Crippen LogP contribution in [-0.2, 0) is 11.2 Å². The zero-order valence-corrected chi connectivity index (χ0v) is 13.1. The predicted octanol–water partition coefficient (Wildman–Crippen LogP) is 2.81. The van der Waals surface area contributed by atoms with Crippen LogP contribution in [0, 0.1) is 0 Å². The summed E-state index contributed by atoms with van der Waals surface area (Å²) in [5, 5.41) is 12.3. The molecule has 0 spiro atoms. The normalized spacial score (nSPS) is 12.1. The second-order valence-corrected chi connectivity index (χ2v) is 5.54. The molecular weight excluding hydrogens is 304 g/mol. The molecule has 1 aromatic heterocycles. The first-order valence-electron chi connectivity index (χ1n) is 7.19. The van der Waals surface area contributed by atoms with Crippen molar-refractivity contribution in [2.24, 2.45) is 0 Å². The van der Waals surface area contributed by atoms with Gasteiger partial charge in [-0.25, -0.2) is 4.98 Å². The first-order valence-corrected chi connectivity index (χ1v) is 7.57. The van der Waals surface area contributed by atoms with Gasteiger partial charge in [-0.1, -0.05) is 11.6 Å². The zero-order chi connectivity index (χ0) is 15.9. The third-order valence-electron chi connectivity index (χ3n) is 3.22. The number of benzene rings is 1. The van der Waals surface area contributed by atoms with Gasteiger partial charge >= 0.3 is 0 Å². The van der Waals surface area contributed by atoms with E-state index in [2.05, 4.69) is 10.3 Å². The third-order valence-corrected chi connectivity index (χ3v) is 3.47. The molecule has 2 N–H and O–H groups in total. The van der Waals surface area contributed by atoms with Crippen LogP contribution >= 0.6 is 11.6 Å². The number of hydrogen-bond acceptors (Lipinski definition) is 4. The molecule has 0 saturated carbocycles. The van der Waals surface area contributed by atoms with Crippen molar-refractivity contribution in [1.29, 1.82) is 0 Å². The SMILES string of the molecule is CC(CCO)NC(=O)CCc1ncc(-c2ccc(Cl)cc2)o1. The smallest absolute Gasteiger partial charge is 0.220 e. The van der Waals surface area contributed by atoms with Crippen LogP contribution in [0.2, 0.25) is 5.02 Å². The highest BCUT2D eigenvalue weighted by molar-refractivity contribution is 6.30. The van der Waals surface area contributed by atoms with Gasteiger partial charge in [0.05, 0.1) is 6.20 Å². The van der Waals surface area contributed by atoms with Crippen molar-refractivity contribution in [1.82, 2.24) is 10.3 Å². The molecule has 1 amide bonds. The van der Waals surface area contributed by atoms with Crippen LogP contribution in [0.3, 0.4) is 0 Å². The molecule has 1 heterocycles. The van der Waals surface area contributed by atoms with Crippen molar-refractivity contribution in [3.63, 3.8) is 0 Å². The first-order chi connectivity index (χ1) is 10.6. The second-order valence-electron chi connectivity index (χ2n) is 5.11. The quantitative estimate of drug-likeness (QED) is 0.822. The fraction of sp³-hybridized carbons (Fsp3) is 0.375. The maximum absolute atomic E-state index is 11.7. The summed E-state index contributed by atoms with van der Waals surface area (Å²) in [5.74, 6) is 1.10. The molecular formula is C16H19ClN2O3. The van der Waals surface area contributed by atoms with Crippen molar-refractivity contribution in [2.75, 3.05) is 6.61 Å². The summed E-state index contributed by atoms with van der Waals surface area (Å²) in [6.07, 6.45) is 2.93. The summed E-state index contributed by atoms with van der Waals surface area (Å²) >= 11 is 5.85. The van der Waals surface area contributed by atoms with Gasteiger partial charge in [0.25, 0.3) is 0 Å². The molecule has 0 fully saturated rings. The van der Waals surface area contributed by atoms with Gasteiger partial charge in [-0.3, -0.25) is 4.79 Å². The molecule has 2 aromatic rings. The molecule has 0 radical (unpaired) electrons. The van der Waals surface area contributed by atoms with Gasteiger partial charge in [0.2, 0.25) is 5.91 Å². The number of oxazole rings is 1. The number of nitrogens with zero attached hydrogens (tertiary/aromatic N) is 1. The van der Waals surface area contributed by atoms with Crippen molar-refractivity contribution < 1.29 is 14.3 Å². The fourth-order valence-corrected chi connectivity index (χ4v) is 2.13. The molecule has 0 aliphatic heterocycles. The van der Waals surface area contributed by atoms with Crippen LogP contribution in [0.15, 0.2) is 34.9 Å². The van der Waals surface area contributed by atoms with E-state index in [0.717, 1.165) is 5.56 Å². The van der Waals surface area contributed by atoms with Crippen molar-refractivity contribution in [2.45, 2.75) is 32.2 Å². The Balaban J connectivity index is 1.87. The van der Waals surface area contributed by atoms with Crippen LogP contribution in [0.1, 0.15) is 25.7 Å². The molecule has 6 heteroatoms. The minimum atomic E-state index is -0.0767. The van der Waals surface area contributed by atoms with Crippen LogP contribution in [0.5, 0.6) is 0 Å². The lowest BCUT2D eigenvalue weighted by molar-refractivity contribution is -0.121. The Bertz CT molecular complexity index is 610. The summed E-state index contributed by atoms with van der Waals surface area (Å²) < 4.78 is 5.64. The maximum atomic E-state index is 11.7. The van der Waals surface area contributed by atoms with Gasteiger partial charge in [-0.05, 0) is 37.6 Å². The molecule has 0 saturated heterocycles. The number of rotatable bonds is 7. The van der Waals surface area contributed by atoms with Crippen molar-refractivity contribution in [3.05, 3.63) is 41.4 Å². The standard InChI is InChI=1S/C16H19ClN2O3/c1-11(8-9-20)19-15(21)6-7-16-18-10-14(22-16)12-2-4-13(17)5-3-12/h2-5,10-11,20H,6-9H2,1H3,(H,19,21). The average molecular weight is 323 g/mol. The summed E-state index contributed by atoms with van der Waals surface area (Å²) in [4.78, 5) is 15.9. The van der Waals surface area contributed by atoms with E-state index in [1.54, 1.807) is 18.3 Å². The lowest BCUT2D eigenvalue weighted by atomic mass is 10.2. The van der Waals surface area contributed by atoms with E-state index in [0.29, 0.717) is 35.9 Å². The summed E-state index contributed by atoms with van der Waals surface area (Å²) in [6.45, 7) is 1.92. The minimum Gasteiger partial charge on any atom is -0.441 e. The number of halogens is 1. The number of aryl methyl sites for hydroxylation is 1. The van der Waals surface area contributed by atoms with E-state index >= 15 is 0 Å². The molecule has 2 rings (SSSR count). The summed E-state index contributed by atoms with van der Waals surface area (Å²) in [6, 6.07) is 7.25. The Morgan fingerprint density at radius 2 is 2.14 bits per heavy atom. The second kappa shape index (κ2) is 7.96. The van der Waals surface area contributed by atoms with Crippen LogP contribution < -0.4 is 5.32 Å².